The van der Waals surface area contributed by atoms with Crippen LogP contribution in [0.5, 0.6) is 0 Å². The van der Waals surface area contributed by atoms with Gasteiger partial charge in [0.25, 0.3) is 0 Å². The zero-order chi connectivity index (χ0) is 28.5. The van der Waals surface area contributed by atoms with Gasteiger partial charge in [-0.2, -0.15) is 0 Å². The molecule has 43 heavy (non-hydrogen) atoms. The summed E-state index contributed by atoms with van der Waals surface area (Å²) < 4.78 is 2.29. The van der Waals surface area contributed by atoms with Crippen molar-refractivity contribution in [3.05, 3.63) is 146 Å². The minimum Gasteiger partial charge on any atom is -0.292 e. The second-order valence-electron chi connectivity index (χ2n) is 11.0. The number of pyridine rings is 2. The highest BCUT2D eigenvalue weighted by molar-refractivity contribution is 8.25. The molecule has 0 fully saturated rings. The van der Waals surface area contributed by atoms with E-state index in [0.29, 0.717) is 0 Å². The molecule has 0 aliphatic heterocycles. The largest absolute Gasteiger partial charge is 0.292 e. The van der Waals surface area contributed by atoms with Gasteiger partial charge in [-0.3, -0.25) is 9.38 Å². The first-order valence-corrected chi connectivity index (χ1v) is 17.2. The Morgan fingerprint density at radius 1 is 0.488 bits per heavy atom. The third kappa shape index (κ3) is 3.64. The van der Waals surface area contributed by atoms with Crippen LogP contribution in [-0.2, 0) is 11.8 Å². The van der Waals surface area contributed by atoms with Crippen molar-refractivity contribution in [2.45, 2.75) is 0 Å². The number of benzene rings is 6. The Balaban J connectivity index is 1.39. The summed E-state index contributed by atoms with van der Waals surface area (Å²) in [6.45, 7) is 0. The number of aromatic nitrogens is 3. The van der Waals surface area contributed by atoms with Crippen molar-refractivity contribution in [2.75, 3.05) is 0 Å². The van der Waals surface area contributed by atoms with E-state index in [4.69, 9.17) is 21.8 Å². The molecule has 9 rings (SSSR count). The summed E-state index contributed by atoms with van der Waals surface area (Å²) in [5.41, 5.74) is 5.19. The molecule has 3 heterocycles. The molecule has 0 bridgehead atoms. The van der Waals surface area contributed by atoms with E-state index >= 15 is 0 Å². The second-order valence-corrected chi connectivity index (χ2v) is 15.4. The quantitative estimate of drug-likeness (QED) is 0.155. The molecule has 0 radical (unpaired) electrons. The van der Waals surface area contributed by atoms with E-state index in [1.165, 1.54) is 21.5 Å². The van der Waals surface area contributed by atoms with Crippen molar-refractivity contribution in [1.82, 2.24) is 14.4 Å². The minimum absolute atomic E-state index is 0.966. The van der Waals surface area contributed by atoms with Gasteiger partial charge in [0, 0.05) is 33.7 Å². The Kier molecular flexibility index (Phi) is 5.34. The topological polar surface area (TPSA) is 30.2 Å². The summed E-state index contributed by atoms with van der Waals surface area (Å²) in [6, 6.07) is 47.0. The SMILES string of the molecule is S=P(c1ccc2ccccc2c1)(c1cnc2ccccc2c1)c1ccc2c(c1)c1ccccc1n1c3ccccc3nc21. The molecule has 6 aromatic carbocycles. The van der Waals surface area contributed by atoms with Crippen LogP contribution < -0.4 is 15.9 Å². The van der Waals surface area contributed by atoms with E-state index in [1.54, 1.807) is 0 Å². The van der Waals surface area contributed by atoms with Gasteiger partial charge < -0.3 is 0 Å². The molecule has 9 aromatic rings. The Hall–Kier alpha value is -4.89. The van der Waals surface area contributed by atoms with Crippen molar-refractivity contribution in [3.63, 3.8) is 0 Å². The highest BCUT2D eigenvalue weighted by atomic mass is 32.4. The van der Waals surface area contributed by atoms with E-state index in [0.717, 1.165) is 54.4 Å². The predicted molar refractivity (Wildman–Crippen MR) is 187 cm³/mol. The average molecular weight is 586 g/mol. The fraction of sp³-hybridized carbons (Fsp3) is 0. The first-order valence-electron chi connectivity index (χ1n) is 14.4. The number of hydrogen-bond donors (Lipinski definition) is 0. The van der Waals surface area contributed by atoms with Crippen molar-refractivity contribution in [2.24, 2.45) is 0 Å². The van der Waals surface area contributed by atoms with Crippen LogP contribution in [-0.4, -0.2) is 14.4 Å². The van der Waals surface area contributed by atoms with Gasteiger partial charge in [-0.25, -0.2) is 4.98 Å². The molecular weight excluding hydrogens is 561 g/mol. The average Bonchev–Trinajstić information content (AvgIpc) is 3.47. The fourth-order valence-corrected chi connectivity index (χ4v) is 10.2. The third-order valence-electron chi connectivity index (χ3n) is 8.64. The third-order valence-corrected chi connectivity index (χ3v) is 13.5. The van der Waals surface area contributed by atoms with E-state index in [9.17, 15) is 0 Å². The highest BCUT2D eigenvalue weighted by Gasteiger charge is 2.27. The number of rotatable bonds is 3. The van der Waals surface area contributed by atoms with Crippen LogP contribution in [0.15, 0.2) is 146 Å². The molecule has 1 atom stereocenters. The van der Waals surface area contributed by atoms with E-state index in [-0.39, 0.29) is 0 Å². The normalized spacial score (nSPS) is 13.4. The van der Waals surface area contributed by atoms with Gasteiger partial charge in [-0.05, 0) is 75.3 Å². The van der Waals surface area contributed by atoms with Crippen molar-refractivity contribution >= 4 is 93.8 Å². The van der Waals surface area contributed by atoms with Gasteiger partial charge in [0.1, 0.15) is 5.65 Å². The maximum atomic E-state index is 6.91. The molecule has 3 aromatic heterocycles. The Bertz CT molecular complexity index is 2540. The maximum absolute atomic E-state index is 6.91. The van der Waals surface area contributed by atoms with E-state index < -0.39 is 6.04 Å². The molecule has 0 saturated carbocycles. The lowest BCUT2D eigenvalue weighted by molar-refractivity contribution is 1.32. The molecule has 0 saturated heterocycles. The standard InChI is InChI=1S/C38H24N3PS/c43-42(28-18-17-25-9-1-2-10-26(25)21-28,30-22-27-11-3-5-13-34(27)39-24-30)29-19-20-32-33(23-29)31-12-4-7-15-36(31)41-37-16-8-6-14-35(37)40-38(32)41/h1-24H. The second kappa shape index (κ2) is 9.31. The molecule has 0 aliphatic rings. The maximum Gasteiger partial charge on any atom is 0.146 e. The zero-order valence-electron chi connectivity index (χ0n) is 23.1. The monoisotopic (exact) mass is 585 g/mol. The Morgan fingerprint density at radius 3 is 2.02 bits per heavy atom. The number of para-hydroxylation sites is 4. The summed E-state index contributed by atoms with van der Waals surface area (Å²) in [5.74, 6) is 0. The number of imidazole rings is 1. The van der Waals surface area contributed by atoms with Crippen LogP contribution >= 0.6 is 6.04 Å². The summed E-state index contributed by atoms with van der Waals surface area (Å²) in [6.07, 6.45) is 2.01. The first kappa shape index (κ1) is 24.7. The minimum atomic E-state index is -2.51. The van der Waals surface area contributed by atoms with Crippen LogP contribution in [0.1, 0.15) is 0 Å². The molecule has 5 heteroatoms. The molecule has 202 valence electrons. The molecular formula is C38H24N3PS. The van der Waals surface area contributed by atoms with Crippen LogP contribution in [0, 0.1) is 0 Å². The van der Waals surface area contributed by atoms with Crippen molar-refractivity contribution < 1.29 is 0 Å². The van der Waals surface area contributed by atoms with Gasteiger partial charge in [0.15, 0.2) is 0 Å². The van der Waals surface area contributed by atoms with Crippen LogP contribution in [0.25, 0.3) is 60.0 Å². The van der Waals surface area contributed by atoms with Crippen LogP contribution in [0.3, 0.4) is 0 Å². The van der Waals surface area contributed by atoms with Crippen LogP contribution in [0.4, 0.5) is 0 Å². The Morgan fingerprint density at radius 2 is 1.14 bits per heavy atom. The summed E-state index contributed by atoms with van der Waals surface area (Å²) in [4.78, 5) is 9.99. The fourth-order valence-electron chi connectivity index (χ4n) is 6.54. The first-order chi connectivity index (χ1) is 21.2. The molecule has 3 nitrogen and oxygen atoms in total. The lowest BCUT2D eigenvalue weighted by Crippen LogP contribution is -2.25. The molecule has 0 aliphatic carbocycles. The number of fused-ring (bicyclic) bond motifs is 10. The lowest BCUT2D eigenvalue weighted by Gasteiger charge is -2.25. The molecule has 0 spiro atoms. The molecule has 0 N–H and O–H groups in total. The van der Waals surface area contributed by atoms with Crippen molar-refractivity contribution in [3.8, 4) is 0 Å². The smallest absolute Gasteiger partial charge is 0.146 e. The number of nitrogens with zero attached hydrogens (tertiary/aromatic N) is 3. The summed E-state index contributed by atoms with van der Waals surface area (Å²) >= 11 is 6.91. The van der Waals surface area contributed by atoms with Gasteiger partial charge >= 0.3 is 0 Å². The van der Waals surface area contributed by atoms with Gasteiger partial charge in [-0.15, -0.1) is 0 Å². The zero-order valence-corrected chi connectivity index (χ0v) is 24.8. The molecule has 0 amide bonds. The highest BCUT2D eigenvalue weighted by Crippen LogP contribution is 2.45. The van der Waals surface area contributed by atoms with Gasteiger partial charge in [0.05, 0.1) is 22.1 Å². The van der Waals surface area contributed by atoms with Gasteiger partial charge in [-0.1, -0.05) is 103 Å². The molecule has 1 unspecified atom stereocenters. The van der Waals surface area contributed by atoms with Crippen molar-refractivity contribution in [1.29, 1.82) is 0 Å². The Labute approximate surface area is 253 Å². The van der Waals surface area contributed by atoms with Crippen LogP contribution in [0.2, 0.25) is 0 Å². The van der Waals surface area contributed by atoms with E-state index in [1.807, 2.05) is 12.3 Å². The summed E-state index contributed by atoms with van der Waals surface area (Å²) in [5, 5.41) is 10.4. The summed E-state index contributed by atoms with van der Waals surface area (Å²) in [7, 11) is 0. The number of hydrogen-bond acceptors (Lipinski definition) is 3. The van der Waals surface area contributed by atoms with Gasteiger partial charge in [0.2, 0.25) is 0 Å². The van der Waals surface area contributed by atoms with E-state index in [2.05, 4.69) is 138 Å². The lowest BCUT2D eigenvalue weighted by atomic mass is 10.1. The predicted octanol–water partition coefficient (Wildman–Crippen LogP) is 8.25.